The molecule has 2 amide bonds. The number of carboxylic acids is 2. The molecule has 0 radical (unpaired) electrons. The summed E-state index contributed by atoms with van der Waals surface area (Å²) in [7, 11) is 4.01. The number of amides is 2. The Morgan fingerprint density at radius 2 is 1.15 bits per heavy atom. The van der Waals surface area contributed by atoms with Gasteiger partial charge in [-0.2, -0.15) is 0 Å². The third kappa shape index (κ3) is 20.7. The average Bonchev–Trinajstić information content (AvgIpc) is 2.48. The predicted octanol–water partition coefficient (Wildman–Crippen LogP) is 2.02. The third-order valence-corrected chi connectivity index (χ3v) is 4.56. The van der Waals surface area contributed by atoms with Gasteiger partial charge in [-0.15, -0.1) is 0 Å². The van der Waals surface area contributed by atoms with Crippen molar-refractivity contribution in [2.24, 2.45) is 5.92 Å². The molecule has 0 atom stereocenters. The minimum absolute atomic E-state index is 0.00499. The van der Waals surface area contributed by atoms with Crippen molar-refractivity contribution in [2.45, 2.75) is 39.8 Å². The van der Waals surface area contributed by atoms with Crippen LogP contribution in [0.1, 0.15) is 27.7 Å². The Bertz CT molecular complexity index is 449. The van der Waals surface area contributed by atoms with E-state index in [0.717, 1.165) is 18.1 Å². The van der Waals surface area contributed by atoms with E-state index in [9.17, 15) is 9.59 Å². The summed E-state index contributed by atoms with van der Waals surface area (Å²) < 4.78 is 0. The van der Waals surface area contributed by atoms with E-state index in [2.05, 4.69) is 15.5 Å². The summed E-state index contributed by atoms with van der Waals surface area (Å²) in [4.78, 5) is 43.6. The van der Waals surface area contributed by atoms with Crippen LogP contribution >= 0.6 is 23.5 Å². The molecule has 4 N–H and O–H groups in total. The lowest BCUT2D eigenvalue weighted by Gasteiger charge is -2.20. The lowest BCUT2D eigenvalue weighted by Crippen LogP contribution is -2.31. The normalized spacial score (nSPS) is 10.6. The molecule has 0 aliphatic heterocycles. The molecule has 0 aromatic carbocycles. The molecule has 0 aliphatic rings. The van der Waals surface area contributed by atoms with Gasteiger partial charge < -0.3 is 25.7 Å². The van der Waals surface area contributed by atoms with Crippen LogP contribution in [0.2, 0.25) is 0 Å². The van der Waals surface area contributed by atoms with Crippen molar-refractivity contribution in [3.05, 3.63) is 0 Å². The second-order valence-corrected chi connectivity index (χ2v) is 8.52. The van der Waals surface area contributed by atoms with Crippen LogP contribution in [0.25, 0.3) is 0 Å². The fourth-order valence-electron chi connectivity index (χ4n) is 1.61. The Morgan fingerprint density at radius 1 is 0.815 bits per heavy atom. The monoisotopic (exact) mass is 425 g/mol. The first-order valence-corrected chi connectivity index (χ1v) is 10.3. The maximum absolute atomic E-state index is 11.7. The summed E-state index contributed by atoms with van der Waals surface area (Å²) in [6, 6.07) is 0.312. The fourth-order valence-corrected chi connectivity index (χ4v) is 3.62. The van der Waals surface area contributed by atoms with E-state index in [0.29, 0.717) is 5.92 Å². The molecule has 0 unspecified atom stereocenters. The van der Waals surface area contributed by atoms with Crippen molar-refractivity contribution in [1.82, 2.24) is 15.5 Å². The minimum Gasteiger partial charge on any atom is -0.473 e. The number of thioether (sulfide) groups is 2. The van der Waals surface area contributed by atoms with E-state index < -0.39 is 11.9 Å². The molecule has 0 heterocycles. The predicted molar refractivity (Wildman–Crippen MR) is 110 cm³/mol. The highest BCUT2D eigenvalue weighted by Gasteiger charge is 2.16. The number of carbonyl (C=O) groups excluding carboxylic acids is 2. The van der Waals surface area contributed by atoms with Gasteiger partial charge in [0, 0.05) is 30.1 Å². The van der Waals surface area contributed by atoms with Gasteiger partial charge in [0.2, 0.25) is 0 Å². The van der Waals surface area contributed by atoms with Gasteiger partial charge in [0.1, 0.15) is 0 Å². The van der Waals surface area contributed by atoms with Crippen molar-refractivity contribution in [3.8, 4) is 0 Å². The second kappa shape index (κ2) is 15.6. The molecule has 0 saturated heterocycles. The lowest BCUT2D eigenvalue weighted by molar-refractivity contribution is -0.159. The Labute approximate surface area is 169 Å². The molecule has 0 spiro atoms. The minimum atomic E-state index is -1.82. The Morgan fingerprint density at radius 3 is 1.37 bits per heavy atom. The molecule has 0 aromatic heterocycles. The summed E-state index contributed by atoms with van der Waals surface area (Å²) in [5.74, 6) is -1.91. The number of carboxylic acid groups (broad SMARTS) is 2. The number of rotatable bonds is 8. The fraction of sp³-hybridized carbons (Fsp3) is 0.750. The highest BCUT2D eigenvalue weighted by atomic mass is 32.2. The third-order valence-electron chi connectivity index (χ3n) is 2.52. The molecule has 0 rings (SSSR count). The molecule has 0 bridgehead atoms. The van der Waals surface area contributed by atoms with Crippen LogP contribution in [-0.4, -0.2) is 81.8 Å². The largest absolute Gasteiger partial charge is 0.473 e. The SMILES string of the molecule is CC(C)NC(=O)SCC(CSC(=O)NC(C)C)CN(C)C.O=C(O)C(=O)O. The molecule has 11 heteroatoms. The maximum Gasteiger partial charge on any atom is 0.414 e. The number of hydrogen-bond acceptors (Lipinski definition) is 7. The van der Waals surface area contributed by atoms with E-state index >= 15 is 0 Å². The first-order valence-electron chi connectivity index (χ1n) is 8.32. The zero-order chi connectivity index (χ0) is 21.6. The lowest BCUT2D eigenvalue weighted by atomic mass is 10.2. The maximum atomic E-state index is 11.7. The smallest absolute Gasteiger partial charge is 0.414 e. The number of nitrogens with one attached hydrogen (secondary N) is 2. The Hall–Kier alpha value is -1.46. The van der Waals surface area contributed by atoms with Crippen LogP contribution in [0, 0.1) is 5.92 Å². The Kier molecular flexibility index (Phi) is 16.0. The average molecular weight is 426 g/mol. The van der Waals surface area contributed by atoms with Gasteiger partial charge in [0.15, 0.2) is 0 Å². The second-order valence-electron chi connectivity index (χ2n) is 6.53. The van der Waals surface area contributed by atoms with Gasteiger partial charge >= 0.3 is 11.9 Å². The van der Waals surface area contributed by atoms with E-state index in [1.807, 2.05) is 41.8 Å². The molecule has 0 aromatic rings. The van der Waals surface area contributed by atoms with Crippen LogP contribution < -0.4 is 10.6 Å². The van der Waals surface area contributed by atoms with Crippen LogP contribution in [0.15, 0.2) is 0 Å². The molecule has 27 heavy (non-hydrogen) atoms. The van der Waals surface area contributed by atoms with Crippen molar-refractivity contribution < 1.29 is 29.4 Å². The summed E-state index contributed by atoms with van der Waals surface area (Å²) in [5.41, 5.74) is 0. The van der Waals surface area contributed by atoms with Crippen molar-refractivity contribution >= 4 is 45.9 Å². The molecular weight excluding hydrogens is 394 g/mol. The van der Waals surface area contributed by atoms with Crippen molar-refractivity contribution in [2.75, 3.05) is 32.1 Å². The first kappa shape index (κ1) is 27.8. The van der Waals surface area contributed by atoms with E-state index in [1.54, 1.807) is 0 Å². The zero-order valence-corrected chi connectivity index (χ0v) is 18.3. The topological polar surface area (TPSA) is 136 Å². The number of carbonyl (C=O) groups is 4. The highest BCUT2D eigenvalue weighted by molar-refractivity contribution is 8.14. The summed E-state index contributed by atoms with van der Waals surface area (Å²) in [6.07, 6.45) is 0. The summed E-state index contributed by atoms with van der Waals surface area (Å²) in [6.45, 7) is 8.65. The standard InChI is InChI=1S/C14H29N3O2S2.C2H2O4/c1-10(2)15-13(18)20-8-12(7-17(5)6)9-21-14(19)16-11(3)4;3-1(4)2(5)6/h10-12H,7-9H2,1-6H3,(H,15,18)(H,16,19);(H,3,4)(H,5,6). The van der Waals surface area contributed by atoms with Crippen LogP contribution in [-0.2, 0) is 9.59 Å². The van der Waals surface area contributed by atoms with E-state index in [1.165, 1.54) is 23.5 Å². The number of aliphatic carboxylic acids is 2. The van der Waals surface area contributed by atoms with Crippen LogP contribution in [0.4, 0.5) is 9.59 Å². The van der Waals surface area contributed by atoms with Gasteiger partial charge in [-0.25, -0.2) is 9.59 Å². The van der Waals surface area contributed by atoms with Crippen LogP contribution in [0.3, 0.4) is 0 Å². The summed E-state index contributed by atoms with van der Waals surface area (Å²) in [5, 5.41) is 20.5. The molecule has 9 nitrogen and oxygen atoms in total. The van der Waals surface area contributed by atoms with Crippen LogP contribution in [0.5, 0.6) is 0 Å². The molecular formula is C16H31N3O6S2. The summed E-state index contributed by atoms with van der Waals surface area (Å²) >= 11 is 2.60. The quantitative estimate of drug-likeness (QED) is 0.430. The van der Waals surface area contributed by atoms with Gasteiger partial charge in [-0.3, -0.25) is 9.59 Å². The molecule has 0 aliphatic carbocycles. The molecule has 0 saturated carbocycles. The van der Waals surface area contributed by atoms with Gasteiger partial charge in [0.25, 0.3) is 10.5 Å². The first-order chi connectivity index (χ1) is 12.3. The van der Waals surface area contributed by atoms with Crippen molar-refractivity contribution in [3.63, 3.8) is 0 Å². The van der Waals surface area contributed by atoms with Gasteiger partial charge in [-0.05, 0) is 47.7 Å². The Balaban J connectivity index is 0. The highest BCUT2D eigenvalue weighted by Crippen LogP contribution is 2.17. The van der Waals surface area contributed by atoms with Crippen molar-refractivity contribution in [1.29, 1.82) is 0 Å². The van der Waals surface area contributed by atoms with Gasteiger partial charge in [-0.1, -0.05) is 23.5 Å². The van der Waals surface area contributed by atoms with E-state index in [-0.39, 0.29) is 22.6 Å². The number of hydrogen-bond donors (Lipinski definition) is 4. The van der Waals surface area contributed by atoms with Gasteiger partial charge in [0.05, 0.1) is 0 Å². The zero-order valence-electron chi connectivity index (χ0n) is 16.6. The number of nitrogens with zero attached hydrogens (tertiary/aromatic N) is 1. The molecule has 158 valence electrons. The molecule has 0 fully saturated rings. The van der Waals surface area contributed by atoms with E-state index in [4.69, 9.17) is 19.8 Å².